The highest BCUT2D eigenvalue weighted by molar-refractivity contribution is 6.30. The lowest BCUT2D eigenvalue weighted by Crippen LogP contribution is -2.35. The Morgan fingerprint density at radius 3 is 2.69 bits per heavy atom. The van der Waals surface area contributed by atoms with E-state index in [0.29, 0.717) is 52.0 Å². The Bertz CT molecular complexity index is 1970. The second-order valence-electron chi connectivity index (χ2n) is 11.8. The van der Waals surface area contributed by atoms with Gasteiger partial charge in [0.2, 0.25) is 5.82 Å². The first-order chi connectivity index (χ1) is 21.8. The molecular formula is C31H29ClFN7O5. The Kier molecular flexibility index (Phi) is 6.84. The Hall–Kier alpha value is -4.33. The van der Waals surface area contributed by atoms with Gasteiger partial charge in [-0.05, 0) is 68.6 Å². The third-order valence-electron chi connectivity index (χ3n) is 8.86. The van der Waals surface area contributed by atoms with Crippen molar-refractivity contribution in [2.45, 2.75) is 57.1 Å². The summed E-state index contributed by atoms with van der Waals surface area (Å²) in [5.41, 5.74) is 3.05. The summed E-state index contributed by atoms with van der Waals surface area (Å²) in [6.07, 6.45) is 2.89. The molecule has 3 aromatic heterocycles. The summed E-state index contributed by atoms with van der Waals surface area (Å²) >= 11 is 5.98. The standard InChI is InChI=1S/C31H29ClFN7O5/c1-31(21-6-5-18(32)13-22(21)33)43-25-4-2-3-20(27(25)44-31)17-7-10-39(11-8-17)16-26-34-24-14-23(28-35-30(41)45-38-28)36-37-29(24)40(26)15-19-9-12-42-19/h2-6,13-14,17,19H,7-12,15-16H2,1H3,(H,35,38,41). The van der Waals surface area contributed by atoms with Crippen molar-refractivity contribution in [3.8, 4) is 23.0 Å². The fourth-order valence-corrected chi connectivity index (χ4v) is 6.57. The molecule has 2 atom stereocenters. The van der Waals surface area contributed by atoms with Crippen LogP contribution in [0.25, 0.3) is 22.7 Å². The van der Waals surface area contributed by atoms with Crippen LogP contribution in [-0.2, 0) is 23.6 Å². The molecule has 3 aliphatic rings. The molecule has 5 aromatic rings. The lowest BCUT2D eigenvalue weighted by atomic mass is 9.88. The van der Waals surface area contributed by atoms with Crippen LogP contribution in [0.1, 0.15) is 49.1 Å². The average molecular weight is 634 g/mol. The van der Waals surface area contributed by atoms with Crippen molar-refractivity contribution < 1.29 is 23.1 Å². The average Bonchev–Trinajstić information content (AvgIpc) is 3.69. The van der Waals surface area contributed by atoms with Gasteiger partial charge in [0.15, 0.2) is 17.1 Å². The maximum atomic E-state index is 14.8. The summed E-state index contributed by atoms with van der Waals surface area (Å²) in [4.78, 5) is 21.3. The maximum absolute atomic E-state index is 14.8. The van der Waals surface area contributed by atoms with Crippen LogP contribution < -0.4 is 15.2 Å². The molecule has 14 heteroatoms. The number of halogens is 2. The molecule has 2 unspecified atom stereocenters. The number of rotatable bonds is 7. The number of piperidine rings is 1. The number of hydrogen-bond donors (Lipinski definition) is 1. The predicted molar refractivity (Wildman–Crippen MR) is 160 cm³/mol. The van der Waals surface area contributed by atoms with Crippen molar-refractivity contribution in [2.24, 2.45) is 0 Å². The van der Waals surface area contributed by atoms with E-state index < -0.39 is 17.4 Å². The number of H-pyrrole nitrogens is 1. The summed E-state index contributed by atoms with van der Waals surface area (Å²) < 4.78 is 39.8. The topological polar surface area (TPSA) is 133 Å². The number of likely N-dealkylation sites (tertiary alicyclic amines) is 1. The number of aromatic nitrogens is 6. The maximum Gasteiger partial charge on any atom is 0.439 e. The van der Waals surface area contributed by atoms with Crippen molar-refractivity contribution in [3.63, 3.8) is 0 Å². The van der Waals surface area contributed by atoms with Gasteiger partial charge >= 0.3 is 5.76 Å². The third kappa shape index (κ3) is 5.14. The van der Waals surface area contributed by atoms with E-state index in [9.17, 15) is 9.18 Å². The Labute approximate surface area is 261 Å². The van der Waals surface area contributed by atoms with E-state index in [1.807, 2.05) is 12.1 Å². The van der Waals surface area contributed by atoms with Gasteiger partial charge in [-0.25, -0.2) is 14.2 Å². The predicted octanol–water partition coefficient (Wildman–Crippen LogP) is 4.77. The summed E-state index contributed by atoms with van der Waals surface area (Å²) in [7, 11) is 0. The molecular weight excluding hydrogens is 605 g/mol. The number of aromatic amines is 1. The van der Waals surface area contributed by atoms with Crippen LogP contribution in [0.5, 0.6) is 11.5 Å². The van der Waals surface area contributed by atoms with E-state index in [4.69, 9.17) is 30.8 Å². The third-order valence-corrected chi connectivity index (χ3v) is 9.09. The fourth-order valence-electron chi connectivity index (χ4n) is 6.41. The van der Waals surface area contributed by atoms with Gasteiger partial charge in [-0.3, -0.25) is 14.4 Å². The van der Waals surface area contributed by atoms with E-state index in [1.54, 1.807) is 25.1 Å². The van der Waals surface area contributed by atoms with E-state index >= 15 is 0 Å². The molecule has 0 bridgehead atoms. The number of hydrogen-bond acceptors (Lipinski definition) is 10. The van der Waals surface area contributed by atoms with Gasteiger partial charge in [-0.15, -0.1) is 10.2 Å². The lowest BCUT2D eigenvalue weighted by Gasteiger charge is -2.33. The number of imidazole rings is 1. The van der Waals surface area contributed by atoms with Crippen LogP contribution in [0.15, 0.2) is 51.8 Å². The molecule has 3 aliphatic heterocycles. The molecule has 2 fully saturated rings. The zero-order chi connectivity index (χ0) is 30.7. The number of nitrogens with one attached hydrogen (secondary N) is 1. The summed E-state index contributed by atoms with van der Waals surface area (Å²) in [5, 5.41) is 12.7. The van der Waals surface area contributed by atoms with E-state index in [2.05, 4.69) is 40.4 Å². The van der Waals surface area contributed by atoms with Gasteiger partial charge in [0.05, 0.1) is 24.8 Å². The van der Waals surface area contributed by atoms with Crippen molar-refractivity contribution in [1.82, 2.24) is 34.8 Å². The highest BCUT2D eigenvalue weighted by atomic mass is 35.5. The molecule has 12 nitrogen and oxygen atoms in total. The summed E-state index contributed by atoms with van der Waals surface area (Å²) in [6, 6.07) is 12.2. The number of benzene rings is 2. The molecule has 2 aromatic carbocycles. The number of nitrogens with zero attached hydrogens (tertiary/aromatic N) is 6. The number of fused-ring (bicyclic) bond motifs is 2. The zero-order valence-corrected chi connectivity index (χ0v) is 25.1. The Morgan fingerprint density at radius 1 is 1.11 bits per heavy atom. The molecule has 1 N–H and O–H groups in total. The first-order valence-electron chi connectivity index (χ1n) is 14.9. The molecule has 0 radical (unpaired) electrons. The van der Waals surface area contributed by atoms with Crippen molar-refractivity contribution in [1.29, 1.82) is 0 Å². The largest absolute Gasteiger partial charge is 0.444 e. The van der Waals surface area contributed by atoms with Crippen molar-refractivity contribution in [2.75, 3.05) is 19.7 Å². The van der Waals surface area contributed by atoms with Crippen molar-refractivity contribution >= 4 is 22.8 Å². The van der Waals surface area contributed by atoms with Gasteiger partial charge in [0, 0.05) is 24.1 Å². The minimum absolute atomic E-state index is 0.106. The summed E-state index contributed by atoms with van der Waals surface area (Å²) in [5.74, 6) is 0.171. The quantitative estimate of drug-likeness (QED) is 0.267. The second kappa shape index (κ2) is 10.9. The molecule has 8 rings (SSSR count). The second-order valence-corrected chi connectivity index (χ2v) is 12.2. The molecule has 0 spiro atoms. The van der Waals surface area contributed by atoms with Crippen molar-refractivity contribution in [3.05, 3.63) is 80.8 Å². The molecule has 0 aliphatic carbocycles. The van der Waals surface area contributed by atoms with E-state index in [1.165, 1.54) is 6.07 Å². The van der Waals surface area contributed by atoms with Crippen LogP contribution in [0.3, 0.4) is 0 Å². The fraction of sp³-hybridized carbons (Fsp3) is 0.387. The monoisotopic (exact) mass is 633 g/mol. The number of para-hydroxylation sites is 1. The van der Waals surface area contributed by atoms with E-state index in [-0.39, 0.29) is 17.8 Å². The van der Waals surface area contributed by atoms with Gasteiger partial charge in [0.1, 0.15) is 22.9 Å². The van der Waals surface area contributed by atoms with Crippen LogP contribution in [0, 0.1) is 5.82 Å². The highest BCUT2D eigenvalue weighted by Crippen LogP contribution is 2.50. The van der Waals surface area contributed by atoms with E-state index in [0.717, 1.165) is 50.3 Å². The van der Waals surface area contributed by atoms with Crippen LogP contribution in [0.2, 0.25) is 5.02 Å². The Morgan fingerprint density at radius 2 is 1.96 bits per heavy atom. The van der Waals surface area contributed by atoms with Gasteiger partial charge in [0.25, 0.3) is 5.79 Å². The van der Waals surface area contributed by atoms with Crippen LogP contribution in [-0.4, -0.2) is 60.6 Å². The highest BCUT2D eigenvalue weighted by Gasteiger charge is 2.43. The minimum atomic E-state index is -1.29. The lowest BCUT2D eigenvalue weighted by molar-refractivity contribution is -0.0712. The molecule has 0 amide bonds. The van der Waals surface area contributed by atoms with Gasteiger partial charge in [-0.1, -0.05) is 28.9 Å². The Balaban J connectivity index is 1.00. The number of ether oxygens (including phenoxy) is 3. The normalized spacial score (nSPS) is 21.8. The zero-order valence-electron chi connectivity index (χ0n) is 24.3. The SMILES string of the molecule is CC1(c2ccc(Cl)cc2F)Oc2cccc(C3CCN(Cc4nc5cc(-c6noc(=O)[nH]6)nnc5n4CC4CCO4)CC3)c2O1. The van der Waals surface area contributed by atoms with Gasteiger partial charge < -0.3 is 18.8 Å². The molecule has 0 saturated carbocycles. The van der Waals surface area contributed by atoms with Gasteiger partial charge in [-0.2, -0.15) is 0 Å². The first kappa shape index (κ1) is 28.2. The first-order valence-corrected chi connectivity index (χ1v) is 15.3. The van der Waals surface area contributed by atoms with Crippen LogP contribution in [0.4, 0.5) is 4.39 Å². The summed E-state index contributed by atoms with van der Waals surface area (Å²) in [6.45, 7) is 5.44. The molecule has 232 valence electrons. The molecule has 6 heterocycles. The molecule has 45 heavy (non-hydrogen) atoms. The smallest absolute Gasteiger partial charge is 0.439 e. The minimum Gasteiger partial charge on any atom is -0.444 e. The van der Waals surface area contributed by atoms with Crippen LogP contribution >= 0.6 is 11.6 Å². The molecule has 2 saturated heterocycles.